The molecule has 1 aromatic heterocycles. The molecule has 0 N–H and O–H groups in total. The molecule has 0 bridgehead atoms. The van der Waals surface area contributed by atoms with E-state index in [4.69, 9.17) is 4.42 Å². The van der Waals surface area contributed by atoms with Crippen LogP contribution in [0, 0.1) is 0 Å². The minimum absolute atomic E-state index is 0.122. The van der Waals surface area contributed by atoms with Crippen molar-refractivity contribution in [1.82, 2.24) is 0 Å². The van der Waals surface area contributed by atoms with E-state index in [1.165, 1.54) is 77.5 Å². The highest BCUT2D eigenvalue weighted by molar-refractivity contribution is 6.11. The van der Waals surface area contributed by atoms with Crippen molar-refractivity contribution in [2.45, 2.75) is 19.3 Å². The van der Waals surface area contributed by atoms with Crippen molar-refractivity contribution in [2.24, 2.45) is 0 Å². The van der Waals surface area contributed by atoms with Crippen LogP contribution in [0.1, 0.15) is 25.0 Å². The first-order valence-corrected chi connectivity index (χ1v) is 21.8. The number of rotatable bonds is 7. The summed E-state index contributed by atoms with van der Waals surface area (Å²) in [6, 6.07) is 81.5. The summed E-state index contributed by atoms with van der Waals surface area (Å²) in [5.41, 5.74) is 19.7. The zero-order valence-corrected chi connectivity index (χ0v) is 35.2. The minimum Gasteiger partial charge on any atom is -0.454 e. The Hall–Kier alpha value is -7.94. The first kappa shape index (κ1) is 36.9. The molecule has 0 saturated carbocycles. The van der Waals surface area contributed by atoms with Gasteiger partial charge in [-0.05, 0) is 108 Å². The molecule has 1 aliphatic rings. The first-order valence-electron chi connectivity index (χ1n) is 21.8. The molecule has 10 aromatic carbocycles. The van der Waals surface area contributed by atoms with Gasteiger partial charge < -0.3 is 9.32 Å². The van der Waals surface area contributed by atoms with Crippen LogP contribution in [0.15, 0.2) is 229 Å². The first-order chi connectivity index (χ1) is 31.0. The van der Waals surface area contributed by atoms with Crippen LogP contribution in [0.2, 0.25) is 0 Å². The Kier molecular flexibility index (Phi) is 8.55. The maximum absolute atomic E-state index is 6.70. The molecule has 0 aliphatic heterocycles. The van der Waals surface area contributed by atoms with Gasteiger partial charge in [0.15, 0.2) is 5.58 Å². The Labute approximate surface area is 368 Å². The number of hydrogen-bond donors (Lipinski definition) is 0. The van der Waals surface area contributed by atoms with Crippen LogP contribution in [0.25, 0.3) is 88.3 Å². The topological polar surface area (TPSA) is 16.4 Å². The molecule has 12 rings (SSSR count). The SMILES string of the molecule is CC1(C)c2ccccc2-c2c(N(c3ccc(-c4ccc(-c5ccc(-c6ccc(-c7ccc8ccccc8c7)cc6)cc5)cc4)cc3)c3cccc4c3oc3ccccc34)cccc21. The number of para-hydroxylation sites is 2. The summed E-state index contributed by atoms with van der Waals surface area (Å²) in [5.74, 6) is 0. The van der Waals surface area contributed by atoms with E-state index in [1.54, 1.807) is 0 Å². The summed E-state index contributed by atoms with van der Waals surface area (Å²) in [4.78, 5) is 2.40. The van der Waals surface area contributed by atoms with Crippen molar-refractivity contribution in [3.05, 3.63) is 236 Å². The van der Waals surface area contributed by atoms with Gasteiger partial charge in [0, 0.05) is 27.4 Å². The Morgan fingerprint density at radius 3 is 1.51 bits per heavy atom. The van der Waals surface area contributed by atoms with Crippen molar-refractivity contribution in [3.8, 4) is 55.6 Å². The van der Waals surface area contributed by atoms with Crippen LogP contribution in [-0.4, -0.2) is 0 Å². The number of fused-ring (bicyclic) bond motifs is 7. The Bertz CT molecular complexity index is 3500. The fourth-order valence-corrected chi connectivity index (χ4v) is 9.98. The fourth-order valence-electron chi connectivity index (χ4n) is 9.98. The maximum Gasteiger partial charge on any atom is 0.159 e. The van der Waals surface area contributed by atoms with Gasteiger partial charge in [0.05, 0.1) is 11.4 Å². The van der Waals surface area contributed by atoms with E-state index >= 15 is 0 Å². The van der Waals surface area contributed by atoms with Crippen LogP contribution in [0.5, 0.6) is 0 Å². The average Bonchev–Trinajstić information content (AvgIpc) is 3.84. The number of benzene rings is 10. The second-order valence-corrected chi connectivity index (χ2v) is 17.3. The number of nitrogens with zero attached hydrogens (tertiary/aromatic N) is 1. The fraction of sp³-hybridized carbons (Fsp3) is 0.0492. The predicted molar refractivity (Wildman–Crippen MR) is 265 cm³/mol. The van der Waals surface area contributed by atoms with Crippen molar-refractivity contribution in [1.29, 1.82) is 0 Å². The Morgan fingerprint density at radius 1 is 0.365 bits per heavy atom. The van der Waals surface area contributed by atoms with Crippen molar-refractivity contribution < 1.29 is 4.42 Å². The van der Waals surface area contributed by atoms with Gasteiger partial charge >= 0.3 is 0 Å². The summed E-state index contributed by atoms with van der Waals surface area (Å²) in [7, 11) is 0. The second kappa shape index (κ2) is 14.6. The molecule has 2 nitrogen and oxygen atoms in total. The van der Waals surface area contributed by atoms with E-state index in [2.05, 4.69) is 237 Å². The van der Waals surface area contributed by atoms with Crippen LogP contribution in [0.4, 0.5) is 17.1 Å². The number of anilines is 3. The summed E-state index contributed by atoms with van der Waals surface area (Å²) in [6.45, 7) is 4.68. The lowest BCUT2D eigenvalue weighted by atomic mass is 9.82. The maximum atomic E-state index is 6.70. The molecular formula is C61H43NO. The third kappa shape index (κ3) is 6.17. The Balaban J connectivity index is 0.851. The van der Waals surface area contributed by atoms with Gasteiger partial charge in [0.25, 0.3) is 0 Å². The zero-order valence-electron chi connectivity index (χ0n) is 35.2. The highest BCUT2D eigenvalue weighted by atomic mass is 16.3. The standard InChI is InChI=1S/C61H43NO/c1-61(2)54-16-7-5-14-53(54)59-55(61)17-10-18-56(59)62(57-19-9-15-52-51-13-6-8-20-58(51)63-60(52)57)50-37-35-46(36-38-50)45-27-25-42(26-28-45)41-21-23-43(24-22-41)44-29-31-47(32-30-44)49-34-33-40-11-3-4-12-48(40)39-49/h3-39H,1-2H3. The average molecular weight is 806 g/mol. The van der Waals surface area contributed by atoms with Crippen molar-refractivity contribution in [3.63, 3.8) is 0 Å². The van der Waals surface area contributed by atoms with Crippen LogP contribution >= 0.6 is 0 Å². The summed E-state index contributed by atoms with van der Waals surface area (Å²) < 4.78 is 6.70. The molecule has 0 amide bonds. The normalized spacial score (nSPS) is 12.7. The van der Waals surface area contributed by atoms with Gasteiger partial charge in [0.1, 0.15) is 5.58 Å². The highest BCUT2D eigenvalue weighted by Gasteiger charge is 2.38. The molecule has 0 atom stereocenters. The summed E-state index contributed by atoms with van der Waals surface area (Å²) in [5, 5.41) is 4.76. The van der Waals surface area contributed by atoms with E-state index in [9.17, 15) is 0 Å². The Morgan fingerprint density at radius 2 is 0.841 bits per heavy atom. The van der Waals surface area contributed by atoms with Crippen molar-refractivity contribution in [2.75, 3.05) is 4.90 Å². The lowest BCUT2D eigenvalue weighted by Crippen LogP contribution is -2.16. The molecule has 0 saturated heterocycles. The molecule has 0 unspecified atom stereocenters. The highest BCUT2D eigenvalue weighted by Crippen LogP contribution is 2.55. The molecule has 298 valence electrons. The van der Waals surface area contributed by atoms with Crippen molar-refractivity contribution >= 4 is 49.8 Å². The second-order valence-electron chi connectivity index (χ2n) is 17.3. The molecule has 0 fully saturated rings. The molecule has 2 heteroatoms. The van der Waals surface area contributed by atoms with Crippen LogP contribution < -0.4 is 4.90 Å². The smallest absolute Gasteiger partial charge is 0.159 e. The van der Waals surface area contributed by atoms with E-state index in [1.807, 2.05) is 6.07 Å². The monoisotopic (exact) mass is 805 g/mol. The molecule has 1 aliphatic carbocycles. The van der Waals surface area contributed by atoms with E-state index in [-0.39, 0.29) is 5.41 Å². The predicted octanol–water partition coefficient (Wildman–Crippen LogP) is 17.2. The van der Waals surface area contributed by atoms with Gasteiger partial charge in [-0.1, -0.05) is 202 Å². The largest absolute Gasteiger partial charge is 0.454 e. The van der Waals surface area contributed by atoms with E-state index in [0.717, 1.165) is 39.0 Å². The van der Waals surface area contributed by atoms with Gasteiger partial charge in [-0.2, -0.15) is 0 Å². The van der Waals surface area contributed by atoms with Crippen LogP contribution in [0.3, 0.4) is 0 Å². The third-order valence-corrected chi connectivity index (χ3v) is 13.3. The quantitative estimate of drug-likeness (QED) is 0.160. The van der Waals surface area contributed by atoms with Gasteiger partial charge in [-0.3, -0.25) is 0 Å². The van der Waals surface area contributed by atoms with Gasteiger partial charge in [-0.15, -0.1) is 0 Å². The molecular weight excluding hydrogens is 763 g/mol. The number of hydrogen-bond acceptors (Lipinski definition) is 2. The molecule has 11 aromatic rings. The van der Waals surface area contributed by atoms with Gasteiger partial charge in [0.2, 0.25) is 0 Å². The summed E-state index contributed by atoms with van der Waals surface area (Å²) in [6.07, 6.45) is 0. The van der Waals surface area contributed by atoms with Crippen LogP contribution in [-0.2, 0) is 5.41 Å². The third-order valence-electron chi connectivity index (χ3n) is 13.3. The molecule has 1 heterocycles. The van der Waals surface area contributed by atoms with Gasteiger partial charge in [-0.25, -0.2) is 0 Å². The lowest BCUT2D eigenvalue weighted by molar-refractivity contribution is 0.660. The minimum atomic E-state index is -0.122. The van der Waals surface area contributed by atoms with E-state index in [0.29, 0.717) is 0 Å². The lowest BCUT2D eigenvalue weighted by Gasteiger charge is -2.29. The molecule has 0 radical (unpaired) electrons. The summed E-state index contributed by atoms with van der Waals surface area (Å²) >= 11 is 0. The zero-order chi connectivity index (χ0) is 42.1. The molecule has 63 heavy (non-hydrogen) atoms. The molecule has 0 spiro atoms. The van der Waals surface area contributed by atoms with E-state index < -0.39 is 0 Å². The number of furan rings is 1.